The molecule has 7 nitrogen and oxygen atoms in total. The van der Waals surface area contributed by atoms with Crippen molar-refractivity contribution in [2.45, 2.75) is 39.3 Å². The minimum atomic E-state index is -4.82. The Hall–Kier alpha value is -3.40. The number of nitrogens with one attached hydrogen (secondary N) is 2. The van der Waals surface area contributed by atoms with E-state index < -0.39 is 6.36 Å². The largest absolute Gasteiger partial charge is 0.573 e. The topological polar surface area (TPSA) is 87.3 Å². The maximum Gasteiger partial charge on any atom is 0.573 e. The number of hydrogen-bond acceptors (Lipinski definition) is 5. The number of carbonyl (C=O) groups is 1. The molecule has 1 heterocycles. The molecule has 0 saturated carbocycles. The molecule has 3 rings (SSSR count). The SMILES string of the molecule is CC(C)N(CC(=O)NCc1ccccc1OC(F)(F)F)Cc1nc2ccccc2c(=O)[nH]1. The molecule has 32 heavy (non-hydrogen) atoms. The second kappa shape index (κ2) is 9.82. The van der Waals surface area contributed by atoms with Crippen LogP contribution in [-0.2, 0) is 17.9 Å². The van der Waals surface area contributed by atoms with E-state index in [-0.39, 0.29) is 48.5 Å². The van der Waals surface area contributed by atoms with Crippen molar-refractivity contribution in [1.29, 1.82) is 0 Å². The van der Waals surface area contributed by atoms with Gasteiger partial charge >= 0.3 is 6.36 Å². The van der Waals surface area contributed by atoms with Crippen molar-refractivity contribution in [1.82, 2.24) is 20.2 Å². The van der Waals surface area contributed by atoms with E-state index in [2.05, 4.69) is 20.0 Å². The lowest BCUT2D eigenvalue weighted by Gasteiger charge is -2.25. The number of hydrogen-bond donors (Lipinski definition) is 2. The highest BCUT2D eigenvalue weighted by atomic mass is 19.4. The number of benzene rings is 2. The van der Waals surface area contributed by atoms with Gasteiger partial charge in [0, 0.05) is 18.2 Å². The minimum Gasteiger partial charge on any atom is -0.405 e. The smallest absolute Gasteiger partial charge is 0.405 e. The number of ether oxygens (including phenoxy) is 1. The number of halogens is 3. The number of fused-ring (bicyclic) bond motifs is 1. The van der Waals surface area contributed by atoms with Gasteiger partial charge in [-0.15, -0.1) is 13.2 Å². The van der Waals surface area contributed by atoms with Crippen LogP contribution >= 0.6 is 0 Å². The zero-order chi connectivity index (χ0) is 23.3. The van der Waals surface area contributed by atoms with Gasteiger partial charge in [0.25, 0.3) is 5.56 Å². The number of amides is 1. The van der Waals surface area contributed by atoms with Crippen LogP contribution in [-0.4, -0.2) is 39.7 Å². The van der Waals surface area contributed by atoms with Gasteiger partial charge in [-0.05, 0) is 32.0 Å². The van der Waals surface area contributed by atoms with Crippen molar-refractivity contribution in [2.24, 2.45) is 0 Å². The molecule has 0 unspecified atom stereocenters. The van der Waals surface area contributed by atoms with Gasteiger partial charge < -0.3 is 15.0 Å². The zero-order valence-electron chi connectivity index (χ0n) is 17.6. The molecule has 1 aromatic heterocycles. The summed E-state index contributed by atoms with van der Waals surface area (Å²) in [6, 6.07) is 12.5. The first-order valence-corrected chi connectivity index (χ1v) is 9.94. The molecule has 0 atom stereocenters. The molecule has 0 aliphatic heterocycles. The van der Waals surface area contributed by atoms with E-state index in [4.69, 9.17) is 0 Å². The lowest BCUT2D eigenvalue weighted by molar-refractivity contribution is -0.274. The summed E-state index contributed by atoms with van der Waals surface area (Å²) in [5.41, 5.74) is 0.496. The summed E-state index contributed by atoms with van der Waals surface area (Å²) in [4.78, 5) is 33.7. The highest BCUT2D eigenvalue weighted by Gasteiger charge is 2.32. The number of rotatable bonds is 8. The standard InChI is InChI=1S/C22H23F3N4O3/c1-14(2)29(12-19-27-17-9-5-4-8-16(17)21(31)28-19)13-20(30)26-11-15-7-3-6-10-18(15)32-22(23,24)25/h3-10,14H,11-13H2,1-2H3,(H,26,30)(H,27,28,31). The Morgan fingerprint density at radius 1 is 1.16 bits per heavy atom. The number of carbonyl (C=O) groups excluding carboxylic acids is 1. The average Bonchev–Trinajstić information content (AvgIpc) is 2.71. The summed E-state index contributed by atoms with van der Waals surface area (Å²) in [5, 5.41) is 3.09. The predicted octanol–water partition coefficient (Wildman–Crippen LogP) is 3.35. The lowest BCUT2D eigenvalue weighted by atomic mass is 10.2. The Morgan fingerprint density at radius 2 is 1.84 bits per heavy atom. The lowest BCUT2D eigenvalue weighted by Crippen LogP contribution is -2.40. The number of nitrogens with zero attached hydrogens (tertiary/aromatic N) is 2. The molecule has 170 valence electrons. The van der Waals surface area contributed by atoms with Gasteiger partial charge in [-0.3, -0.25) is 14.5 Å². The Morgan fingerprint density at radius 3 is 2.56 bits per heavy atom. The predicted molar refractivity (Wildman–Crippen MR) is 113 cm³/mol. The molecule has 0 spiro atoms. The Labute approximate surface area is 182 Å². The van der Waals surface area contributed by atoms with E-state index in [1.54, 1.807) is 35.2 Å². The molecule has 0 radical (unpaired) electrons. The van der Waals surface area contributed by atoms with Gasteiger partial charge in [-0.2, -0.15) is 0 Å². The maximum absolute atomic E-state index is 12.6. The summed E-state index contributed by atoms with van der Waals surface area (Å²) in [5.74, 6) is -0.332. The van der Waals surface area contributed by atoms with Gasteiger partial charge in [-0.25, -0.2) is 4.98 Å². The normalized spacial score (nSPS) is 11.8. The van der Waals surface area contributed by atoms with Crippen molar-refractivity contribution in [3.05, 3.63) is 70.3 Å². The van der Waals surface area contributed by atoms with E-state index in [1.165, 1.54) is 18.2 Å². The second-order valence-electron chi connectivity index (χ2n) is 7.46. The first-order valence-electron chi connectivity index (χ1n) is 9.94. The van der Waals surface area contributed by atoms with Crippen LogP contribution in [0.15, 0.2) is 53.3 Å². The van der Waals surface area contributed by atoms with Crippen molar-refractivity contribution < 1.29 is 22.7 Å². The number of aromatic nitrogens is 2. The fourth-order valence-corrected chi connectivity index (χ4v) is 3.13. The van der Waals surface area contributed by atoms with Crippen LogP contribution in [0.3, 0.4) is 0 Å². The maximum atomic E-state index is 12.6. The Balaban J connectivity index is 1.66. The van der Waals surface area contributed by atoms with Gasteiger partial charge in [0.1, 0.15) is 11.6 Å². The molecule has 3 aromatic rings. The molecule has 0 bridgehead atoms. The van der Waals surface area contributed by atoms with E-state index in [1.807, 2.05) is 13.8 Å². The molecule has 0 fully saturated rings. The average molecular weight is 448 g/mol. The molecule has 1 amide bonds. The van der Waals surface area contributed by atoms with Crippen LogP contribution in [0.4, 0.5) is 13.2 Å². The van der Waals surface area contributed by atoms with Crippen LogP contribution in [0.1, 0.15) is 25.2 Å². The first kappa shape index (κ1) is 23.3. The van der Waals surface area contributed by atoms with E-state index in [9.17, 15) is 22.8 Å². The quantitative estimate of drug-likeness (QED) is 0.552. The first-order chi connectivity index (χ1) is 15.1. The highest BCUT2D eigenvalue weighted by Crippen LogP contribution is 2.26. The van der Waals surface area contributed by atoms with E-state index in [0.29, 0.717) is 16.7 Å². The fourth-order valence-electron chi connectivity index (χ4n) is 3.13. The summed E-state index contributed by atoms with van der Waals surface area (Å²) >= 11 is 0. The van der Waals surface area contributed by atoms with Gasteiger partial charge in [0.05, 0.1) is 24.0 Å². The van der Waals surface area contributed by atoms with Crippen LogP contribution in [0.25, 0.3) is 10.9 Å². The molecule has 0 aliphatic carbocycles. The minimum absolute atomic E-state index is 0.0313. The van der Waals surface area contributed by atoms with Crippen LogP contribution in [0.2, 0.25) is 0 Å². The molecule has 10 heteroatoms. The highest BCUT2D eigenvalue weighted by molar-refractivity contribution is 5.78. The number of para-hydroxylation sites is 2. The third-order valence-electron chi connectivity index (χ3n) is 4.77. The molecule has 0 saturated heterocycles. The molecular formula is C22H23F3N4O3. The summed E-state index contributed by atoms with van der Waals surface area (Å²) in [7, 11) is 0. The summed E-state index contributed by atoms with van der Waals surface area (Å²) in [6.45, 7) is 3.84. The number of H-pyrrole nitrogens is 1. The Bertz CT molecular complexity index is 1140. The van der Waals surface area contributed by atoms with Crippen LogP contribution in [0.5, 0.6) is 5.75 Å². The summed E-state index contributed by atoms with van der Waals surface area (Å²) in [6.07, 6.45) is -4.82. The van der Waals surface area contributed by atoms with Crippen LogP contribution < -0.4 is 15.6 Å². The van der Waals surface area contributed by atoms with Crippen LogP contribution in [0, 0.1) is 0 Å². The molecule has 2 N–H and O–H groups in total. The van der Waals surface area contributed by atoms with E-state index in [0.717, 1.165) is 0 Å². The zero-order valence-corrected chi connectivity index (χ0v) is 17.6. The van der Waals surface area contributed by atoms with E-state index >= 15 is 0 Å². The van der Waals surface area contributed by atoms with Gasteiger partial charge in [0.15, 0.2) is 0 Å². The fraction of sp³-hybridized carbons (Fsp3) is 0.318. The Kier molecular flexibility index (Phi) is 7.14. The molecule has 2 aromatic carbocycles. The van der Waals surface area contributed by atoms with Crippen molar-refractivity contribution in [2.75, 3.05) is 6.54 Å². The van der Waals surface area contributed by atoms with Crippen molar-refractivity contribution in [3.8, 4) is 5.75 Å². The van der Waals surface area contributed by atoms with Gasteiger partial charge in [0.2, 0.25) is 5.91 Å². The molecule has 0 aliphatic rings. The summed E-state index contributed by atoms with van der Waals surface area (Å²) < 4.78 is 41.7. The molecular weight excluding hydrogens is 425 g/mol. The van der Waals surface area contributed by atoms with Crippen molar-refractivity contribution in [3.63, 3.8) is 0 Å². The second-order valence-corrected chi connectivity index (χ2v) is 7.46. The third kappa shape index (κ3) is 6.30. The number of alkyl halides is 3. The number of aromatic amines is 1. The van der Waals surface area contributed by atoms with Gasteiger partial charge in [-0.1, -0.05) is 30.3 Å². The monoisotopic (exact) mass is 448 g/mol. The van der Waals surface area contributed by atoms with Crippen molar-refractivity contribution >= 4 is 16.8 Å². The third-order valence-corrected chi connectivity index (χ3v) is 4.77.